The van der Waals surface area contributed by atoms with Crippen LogP contribution < -0.4 is 21.3 Å². The third-order valence-electron chi connectivity index (χ3n) is 4.70. The van der Waals surface area contributed by atoms with E-state index in [1.807, 2.05) is 30.3 Å². The summed E-state index contributed by atoms with van der Waals surface area (Å²) in [4.78, 5) is 47.2. The van der Waals surface area contributed by atoms with E-state index >= 15 is 0 Å². The van der Waals surface area contributed by atoms with Crippen molar-refractivity contribution in [2.45, 2.75) is 64.8 Å². The Morgan fingerprint density at radius 2 is 1.35 bits per heavy atom. The average Bonchev–Trinajstić information content (AvgIpc) is 2.68. The van der Waals surface area contributed by atoms with Crippen LogP contribution in [0.2, 0.25) is 0 Å². The van der Waals surface area contributed by atoms with Gasteiger partial charge in [0, 0.05) is 34.2 Å². The highest BCUT2D eigenvalue weighted by atomic mass is 16.7. The molecule has 4 amide bonds. The smallest absolute Gasteiger partial charge is 0.217 e. The fraction of sp³-hybridized carbons (Fsp3) is 0.524. The van der Waals surface area contributed by atoms with Gasteiger partial charge in [-0.25, -0.2) is 0 Å². The van der Waals surface area contributed by atoms with Crippen molar-refractivity contribution in [3.63, 3.8) is 0 Å². The highest BCUT2D eigenvalue weighted by Gasteiger charge is 2.47. The number of carbonyl (C=O) groups is 4. The summed E-state index contributed by atoms with van der Waals surface area (Å²) >= 11 is 0. The third-order valence-corrected chi connectivity index (χ3v) is 4.70. The van der Waals surface area contributed by atoms with Gasteiger partial charge in [0.15, 0.2) is 6.29 Å². The van der Waals surface area contributed by atoms with E-state index in [-0.39, 0.29) is 36.8 Å². The number of amides is 4. The Morgan fingerprint density at radius 1 is 0.806 bits per heavy atom. The van der Waals surface area contributed by atoms with Crippen molar-refractivity contribution in [3.8, 4) is 0 Å². The second-order valence-electron chi connectivity index (χ2n) is 7.46. The Bertz CT molecular complexity index is 787. The second-order valence-corrected chi connectivity index (χ2v) is 7.46. The fourth-order valence-corrected chi connectivity index (χ4v) is 3.50. The van der Waals surface area contributed by atoms with Crippen LogP contribution in [0, 0.1) is 0 Å². The van der Waals surface area contributed by atoms with Crippen LogP contribution in [0.3, 0.4) is 0 Å². The Kier molecular flexibility index (Phi) is 8.95. The molecular formula is C21H30N4O6. The molecule has 170 valence electrons. The molecule has 1 aromatic rings. The first-order chi connectivity index (χ1) is 14.7. The van der Waals surface area contributed by atoms with E-state index in [0.29, 0.717) is 0 Å². The Morgan fingerprint density at radius 3 is 1.90 bits per heavy atom. The van der Waals surface area contributed by atoms with Gasteiger partial charge in [0.2, 0.25) is 23.6 Å². The fourth-order valence-electron chi connectivity index (χ4n) is 3.50. The van der Waals surface area contributed by atoms with Crippen molar-refractivity contribution in [1.29, 1.82) is 0 Å². The van der Waals surface area contributed by atoms with Crippen LogP contribution in [-0.4, -0.2) is 60.7 Å². The molecule has 1 aromatic carbocycles. The predicted octanol–water partition coefficient (Wildman–Crippen LogP) is -0.422. The van der Waals surface area contributed by atoms with Crippen molar-refractivity contribution < 1.29 is 28.7 Å². The highest BCUT2D eigenvalue weighted by Crippen LogP contribution is 2.24. The van der Waals surface area contributed by atoms with E-state index in [1.165, 1.54) is 27.7 Å². The van der Waals surface area contributed by atoms with E-state index in [2.05, 4.69) is 21.3 Å². The maximum absolute atomic E-state index is 11.9. The molecule has 1 heterocycles. The van der Waals surface area contributed by atoms with E-state index < -0.39 is 30.5 Å². The van der Waals surface area contributed by atoms with Gasteiger partial charge in [0.1, 0.15) is 12.1 Å². The maximum Gasteiger partial charge on any atom is 0.217 e. The van der Waals surface area contributed by atoms with Gasteiger partial charge in [-0.1, -0.05) is 30.3 Å². The number of hydrogen-bond donors (Lipinski definition) is 4. The van der Waals surface area contributed by atoms with Gasteiger partial charge < -0.3 is 30.7 Å². The summed E-state index contributed by atoms with van der Waals surface area (Å²) < 4.78 is 12.1. The average molecular weight is 434 g/mol. The zero-order chi connectivity index (χ0) is 23.0. The summed E-state index contributed by atoms with van der Waals surface area (Å²) in [6.07, 6.45) is -1.65. The molecule has 0 aromatic heterocycles. The Hall–Kier alpha value is -2.98. The van der Waals surface area contributed by atoms with Crippen LogP contribution in [0.1, 0.15) is 33.3 Å². The lowest BCUT2D eigenvalue weighted by Gasteiger charge is -2.47. The third kappa shape index (κ3) is 7.65. The summed E-state index contributed by atoms with van der Waals surface area (Å²) in [7, 11) is 0. The summed E-state index contributed by atoms with van der Waals surface area (Å²) in [5.41, 5.74) is 0.895. The number of ether oxygens (including phenoxy) is 2. The predicted molar refractivity (Wildman–Crippen MR) is 111 cm³/mol. The largest absolute Gasteiger partial charge is 0.354 e. The molecule has 5 atom stereocenters. The molecule has 1 aliphatic rings. The summed E-state index contributed by atoms with van der Waals surface area (Å²) in [6, 6.07) is 7.16. The van der Waals surface area contributed by atoms with Crippen molar-refractivity contribution in [2.75, 3.05) is 6.54 Å². The number of nitrogens with one attached hydrogen (secondary N) is 4. The first-order valence-corrected chi connectivity index (χ1v) is 10.0. The molecule has 31 heavy (non-hydrogen) atoms. The van der Waals surface area contributed by atoms with Crippen LogP contribution in [0.25, 0.3) is 0 Å². The van der Waals surface area contributed by atoms with Crippen LogP contribution >= 0.6 is 0 Å². The zero-order valence-corrected chi connectivity index (χ0v) is 18.1. The zero-order valence-electron chi connectivity index (χ0n) is 18.1. The molecule has 0 bridgehead atoms. The lowest BCUT2D eigenvalue weighted by atomic mass is 9.90. The summed E-state index contributed by atoms with van der Waals surface area (Å²) in [5.74, 6) is -1.31. The summed E-state index contributed by atoms with van der Waals surface area (Å²) in [5, 5.41) is 11.0. The quantitative estimate of drug-likeness (QED) is 0.439. The van der Waals surface area contributed by atoms with E-state index in [4.69, 9.17) is 9.47 Å². The molecule has 1 aliphatic heterocycles. The van der Waals surface area contributed by atoms with E-state index in [1.54, 1.807) is 0 Å². The lowest BCUT2D eigenvalue weighted by molar-refractivity contribution is -0.226. The second kappa shape index (κ2) is 11.4. The molecule has 1 saturated heterocycles. The van der Waals surface area contributed by atoms with Gasteiger partial charge >= 0.3 is 0 Å². The topological polar surface area (TPSA) is 135 Å². The van der Waals surface area contributed by atoms with Crippen molar-refractivity contribution in [1.82, 2.24) is 21.3 Å². The number of hydrogen-bond acceptors (Lipinski definition) is 6. The molecule has 10 nitrogen and oxygen atoms in total. The van der Waals surface area contributed by atoms with Gasteiger partial charge in [0.05, 0.1) is 18.7 Å². The minimum Gasteiger partial charge on any atom is -0.354 e. The molecule has 0 unspecified atom stereocenters. The van der Waals surface area contributed by atoms with Gasteiger partial charge in [-0.3, -0.25) is 19.2 Å². The molecule has 2 rings (SSSR count). The normalized spacial score (nSPS) is 25.2. The molecule has 0 aliphatic carbocycles. The molecule has 10 heteroatoms. The number of benzene rings is 1. The van der Waals surface area contributed by atoms with Crippen LogP contribution in [0.4, 0.5) is 0 Å². The Labute approximate surface area is 181 Å². The SMILES string of the molecule is CC(=O)NC[C@H]1O[C@H](OCc2ccccc2)[C@H](NC(C)=O)[C@@H](NC(C)=O)[C@@H]1NC(C)=O. The number of rotatable bonds is 8. The van der Waals surface area contributed by atoms with E-state index in [9.17, 15) is 19.2 Å². The number of carbonyl (C=O) groups excluding carboxylic acids is 4. The van der Waals surface area contributed by atoms with Crippen LogP contribution in [0.5, 0.6) is 0 Å². The molecule has 0 spiro atoms. The molecule has 0 radical (unpaired) electrons. The lowest BCUT2D eigenvalue weighted by Crippen LogP contribution is -2.73. The van der Waals surface area contributed by atoms with Gasteiger partial charge in [-0.15, -0.1) is 0 Å². The first kappa shape index (κ1) is 24.3. The molecule has 0 saturated carbocycles. The van der Waals surface area contributed by atoms with Gasteiger partial charge in [-0.2, -0.15) is 0 Å². The minimum atomic E-state index is -0.940. The highest BCUT2D eigenvalue weighted by molar-refractivity contribution is 5.76. The minimum absolute atomic E-state index is 0.0777. The molecular weight excluding hydrogens is 404 g/mol. The van der Waals surface area contributed by atoms with Crippen molar-refractivity contribution in [3.05, 3.63) is 35.9 Å². The van der Waals surface area contributed by atoms with E-state index in [0.717, 1.165) is 5.56 Å². The summed E-state index contributed by atoms with van der Waals surface area (Å²) in [6.45, 7) is 5.67. The molecule has 1 fully saturated rings. The van der Waals surface area contributed by atoms with Gasteiger partial charge in [0.25, 0.3) is 0 Å². The van der Waals surface area contributed by atoms with Gasteiger partial charge in [-0.05, 0) is 5.56 Å². The van der Waals surface area contributed by atoms with Crippen molar-refractivity contribution >= 4 is 23.6 Å². The standard InChI is InChI=1S/C21H30N4O6/c1-12(26)22-10-17-18(23-13(2)27)19(24-14(3)28)20(25-15(4)29)21(31-17)30-11-16-8-6-5-7-9-16/h5-9,17-21H,10-11H2,1-4H3,(H,22,26)(H,23,27)(H,24,28)(H,25,29)/t17-,18-,19+,20-,21+/m1/s1. The van der Waals surface area contributed by atoms with Crippen LogP contribution in [0.15, 0.2) is 30.3 Å². The van der Waals surface area contributed by atoms with Crippen molar-refractivity contribution in [2.24, 2.45) is 0 Å². The molecule has 4 N–H and O–H groups in total. The maximum atomic E-state index is 11.9. The first-order valence-electron chi connectivity index (χ1n) is 10.0. The van der Waals surface area contributed by atoms with Crippen LogP contribution in [-0.2, 0) is 35.3 Å². The monoisotopic (exact) mass is 434 g/mol. The Balaban J connectivity index is 2.35.